The van der Waals surface area contributed by atoms with Crippen molar-refractivity contribution in [1.82, 2.24) is 20.4 Å². The van der Waals surface area contributed by atoms with E-state index in [1.807, 2.05) is 6.07 Å². The number of rotatable bonds is 7. The number of benzene rings is 2. The maximum absolute atomic E-state index is 13.1. The fourth-order valence-electron chi connectivity index (χ4n) is 3.50. The SMILES string of the molecule is CN(C)C(=O)CNC(=NCc1ccc(F)cc1)NC1CCN(Cc2ccccc2)CC1.I. The average molecular weight is 553 g/mol. The second-order valence-electron chi connectivity index (χ2n) is 8.11. The maximum Gasteiger partial charge on any atom is 0.241 e. The molecule has 0 atom stereocenters. The molecular formula is C24H33FIN5O. The fourth-order valence-corrected chi connectivity index (χ4v) is 3.50. The molecule has 1 aliphatic rings. The normalized spacial score (nSPS) is 15.0. The lowest BCUT2D eigenvalue weighted by atomic mass is 10.0. The van der Waals surface area contributed by atoms with Crippen LogP contribution in [-0.2, 0) is 17.9 Å². The van der Waals surface area contributed by atoms with E-state index in [0.29, 0.717) is 18.5 Å². The molecule has 1 amide bonds. The molecule has 1 saturated heterocycles. The lowest BCUT2D eigenvalue weighted by molar-refractivity contribution is -0.127. The second kappa shape index (κ2) is 13.4. The zero-order chi connectivity index (χ0) is 22.1. The number of halogens is 2. The van der Waals surface area contributed by atoms with E-state index in [1.165, 1.54) is 17.7 Å². The molecule has 32 heavy (non-hydrogen) atoms. The van der Waals surface area contributed by atoms with Gasteiger partial charge in [0, 0.05) is 39.8 Å². The van der Waals surface area contributed by atoms with E-state index in [1.54, 1.807) is 31.1 Å². The molecule has 6 nitrogen and oxygen atoms in total. The zero-order valence-electron chi connectivity index (χ0n) is 18.8. The van der Waals surface area contributed by atoms with Crippen LogP contribution in [0.3, 0.4) is 0 Å². The van der Waals surface area contributed by atoms with Crippen molar-refractivity contribution in [3.05, 3.63) is 71.5 Å². The summed E-state index contributed by atoms with van der Waals surface area (Å²) in [6.07, 6.45) is 2.01. The van der Waals surface area contributed by atoms with Crippen LogP contribution in [0.2, 0.25) is 0 Å². The van der Waals surface area contributed by atoms with Gasteiger partial charge in [0.25, 0.3) is 0 Å². The first-order valence-electron chi connectivity index (χ1n) is 10.8. The van der Waals surface area contributed by atoms with Gasteiger partial charge in [-0.2, -0.15) is 0 Å². The lowest BCUT2D eigenvalue weighted by Crippen LogP contribution is -2.50. The molecule has 1 aliphatic heterocycles. The van der Waals surface area contributed by atoms with Crippen LogP contribution in [0.4, 0.5) is 4.39 Å². The Morgan fingerprint density at radius 3 is 2.34 bits per heavy atom. The number of nitrogens with one attached hydrogen (secondary N) is 2. The highest BCUT2D eigenvalue weighted by Gasteiger charge is 2.20. The number of aliphatic imine (C=N–C) groups is 1. The fraction of sp³-hybridized carbons (Fsp3) is 0.417. The molecule has 0 aliphatic carbocycles. The first-order valence-corrected chi connectivity index (χ1v) is 10.8. The van der Waals surface area contributed by atoms with Gasteiger partial charge >= 0.3 is 0 Å². The smallest absolute Gasteiger partial charge is 0.241 e. The maximum atomic E-state index is 13.1. The number of hydrogen-bond acceptors (Lipinski definition) is 3. The second-order valence-corrected chi connectivity index (χ2v) is 8.11. The van der Waals surface area contributed by atoms with Crippen molar-refractivity contribution in [3.8, 4) is 0 Å². The third kappa shape index (κ3) is 8.74. The molecule has 3 rings (SSSR count). The van der Waals surface area contributed by atoms with Crippen LogP contribution >= 0.6 is 24.0 Å². The van der Waals surface area contributed by atoms with Crippen molar-refractivity contribution in [3.63, 3.8) is 0 Å². The molecule has 0 bridgehead atoms. The summed E-state index contributed by atoms with van der Waals surface area (Å²) in [4.78, 5) is 20.6. The predicted molar refractivity (Wildman–Crippen MR) is 138 cm³/mol. The monoisotopic (exact) mass is 553 g/mol. The molecule has 174 valence electrons. The number of amides is 1. The summed E-state index contributed by atoms with van der Waals surface area (Å²) in [6.45, 7) is 3.57. The average Bonchev–Trinajstić information content (AvgIpc) is 2.78. The van der Waals surface area contributed by atoms with E-state index in [2.05, 4.69) is 44.8 Å². The minimum Gasteiger partial charge on any atom is -0.354 e. The Labute approximate surface area is 207 Å². The van der Waals surface area contributed by atoms with Crippen LogP contribution in [0.25, 0.3) is 0 Å². The quantitative estimate of drug-likeness (QED) is 0.314. The van der Waals surface area contributed by atoms with Crippen LogP contribution in [-0.4, -0.2) is 61.4 Å². The largest absolute Gasteiger partial charge is 0.354 e. The summed E-state index contributed by atoms with van der Waals surface area (Å²) in [6, 6.07) is 17.1. The van der Waals surface area contributed by atoms with Crippen molar-refractivity contribution < 1.29 is 9.18 Å². The van der Waals surface area contributed by atoms with Crippen LogP contribution in [0.5, 0.6) is 0 Å². The highest BCUT2D eigenvalue weighted by molar-refractivity contribution is 14.0. The number of guanidine groups is 1. The first kappa shape index (κ1) is 26.1. The van der Waals surface area contributed by atoms with Gasteiger partial charge in [0.05, 0.1) is 13.1 Å². The van der Waals surface area contributed by atoms with Crippen LogP contribution in [0.1, 0.15) is 24.0 Å². The molecular weight excluding hydrogens is 520 g/mol. The predicted octanol–water partition coefficient (Wildman–Crippen LogP) is 3.23. The van der Waals surface area contributed by atoms with Gasteiger partial charge in [-0.15, -0.1) is 24.0 Å². The molecule has 1 fully saturated rings. The Balaban J connectivity index is 0.00000363. The number of carbonyl (C=O) groups excluding carboxylic acids is 1. The Morgan fingerprint density at radius 1 is 1.06 bits per heavy atom. The first-order chi connectivity index (χ1) is 15.0. The number of hydrogen-bond donors (Lipinski definition) is 2. The summed E-state index contributed by atoms with van der Waals surface area (Å²) in [5.41, 5.74) is 2.25. The van der Waals surface area contributed by atoms with Gasteiger partial charge in [-0.1, -0.05) is 42.5 Å². The third-order valence-electron chi connectivity index (χ3n) is 5.42. The Kier molecular flexibility index (Phi) is 10.9. The van der Waals surface area contributed by atoms with Crippen molar-refractivity contribution in [2.75, 3.05) is 33.7 Å². The number of nitrogens with zero attached hydrogens (tertiary/aromatic N) is 3. The van der Waals surface area contributed by atoms with Crippen LogP contribution in [0, 0.1) is 5.82 Å². The van der Waals surface area contributed by atoms with Crippen molar-refractivity contribution >= 4 is 35.8 Å². The van der Waals surface area contributed by atoms with E-state index in [9.17, 15) is 9.18 Å². The molecule has 1 heterocycles. The van der Waals surface area contributed by atoms with Gasteiger partial charge in [0.2, 0.25) is 5.91 Å². The van der Waals surface area contributed by atoms with Gasteiger partial charge in [0.15, 0.2) is 5.96 Å². The van der Waals surface area contributed by atoms with Crippen LogP contribution < -0.4 is 10.6 Å². The summed E-state index contributed by atoms with van der Waals surface area (Å²) in [7, 11) is 3.46. The van der Waals surface area contributed by atoms with E-state index in [-0.39, 0.29) is 42.2 Å². The molecule has 2 aromatic rings. The highest BCUT2D eigenvalue weighted by Crippen LogP contribution is 2.14. The Morgan fingerprint density at radius 2 is 1.72 bits per heavy atom. The highest BCUT2D eigenvalue weighted by atomic mass is 127. The standard InChI is InChI=1S/C24H32FN5O.HI/c1-29(2)23(31)17-27-24(26-16-19-8-10-21(25)11-9-19)28-22-12-14-30(15-13-22)18-20-6-4-3-5-7-20;/h3-11,22H,12-18H2,1-2H3,(H2,26,27,28);1H. The molecule has 0 aromatic heterocycles. The molecule has 2 aromatic carbocycles. The van der Waals surface area contributed by atoms with Crippen molar-refractivity contribution in [1.29, 1.82) is 0 Å². The zero-order valence-corrected chi connectivity index (χ0v) is 21.1. The van der Waals surface area contributed by atoms with Gasteiger partial charge in [-0.05, 0) is 36.1 Å². The van der Waals surface area contributed by atoms with E-state index in [0.717, 1.165) is 38.0 Å². The molecule has 2 N–H and O–H groups in total. The Bertz CT molecular complexity index is 852. The summed E-state index contributed by atoms with van der Waals surface area (Å²) in [5, 5.41) is 6.62. The number of carbonyl (C=O) groups is 1. The summed E-state index contributed by atoms with van der Waals surface area (Å²) in [5.74, 6) is 0.332. The number of piperidine rings is 1. The van der Waals surface area contributed by atoms with Gasteiger partial charge in [-0.25, -0.2) is 9.38 Å². The van der Waals surface area contributed by atoms with E-state index in [4.69, 9.17) is 0 Å². The lowest BCUT2D eigenvalue weighted by Gasteiger charge is -2.33. The van der Waals surface area contributed by atoms with Gasteiger partial charge in [-0.3, -0.25) is 9.69 Å². The summed E-state index contributed by atoms with van der Waals surface area (Å²) < 4.78 is 13.1. The van der Waals surface area contributed by atoms with Crippen LogP contribution in [0.15, 0.2) is 59.6 Å². The number of likely N-dealkylation sites (N-methyl/N-ethyl adjacent to an activating group) is 1. The Hall–Kier alpha value is -2.20. The molecule has 0 spiro atoms. The van der Waals surface area contributed by atoms with Crippen molar-refractivity contribution in [2.45, 2.75) is 32.0 Å². The topological polar surface area (TPSA) is 60.0 Å². The summed E-state index contributed by atoms with van der Waals surface area (Å²) >= 11 is 0. The molecule has 0 radical (unpaired) electrons. The minimum atomic E-state index is -0.261. The molecule has 0 unspecified atom stereocenters. The minimum absolute atomic E-state index is 0. The van der Waals surface area contributed by atoms with Crippen molar-refractivity contribution in [2.24, 2.45) is 4.99 Å². The molecule has 8 heteroatoms. The number of likely N-dealkylation sites (tertiary alicyclic amines) is 1. The van der Waals surface area contributed by atoms with Gasteiger partial charge in [0.1, 0.15) is 5.82 Å². The third-order valence-corrected chi connectivity index (χ3v) is 5.42. The van der Waals surface area contributed by atoms with E-state index >= 15 is 0 Å². The van der Waals surface area contributed by atoms with Gasteiger partial charge < -0.3 is 15.5 Å². The molecule has 0 saturated carbocycles. The van der Waals surface area contributed by atoms with E-state index < -0.39 is 0 Å².